The zero-order chi connectivity index (χ0) is 12.0. The molecule has 5 nitrogen and oxygen atoms in total. The van der Waals surface area contributed by atoms with Crippen molar-refractivity contribution in [2.24, 2.45) is 7.05 Å². The van der Waals surface area contributed by atoms with E-state index in [1.807, 2.05) is 41.9 Å². The number of hydrogen-bond acceptors (Lipinski definition) is 3. The maximum Gasteiger partial charge on any atom is 0.178 e. The van der Waals surface area contributed by atoms with Crippen LogP contribution in [0.25, 0.3) is 22.6 Å². The lowest BCUT2D eigenvalue weighted by Gasteiger charge is -2.03. The van der Waals surface area contributed by atoms with Crippen molar-refractivity contribution in [2.45, 2.75) is 0 Å². The number of fused-ring (bicyclic) bond motifs is 1. The fourth-order valence-electron chi connectivity index (χ4n) is 2.03. The van der Waals surface area contributed by atoms with Crippen LogP contribution >= 0.6 is 0 Å². The van der Waals surface area contributed by atoms with E-state index in [1.165, 1.54) is 0 Å². The minimum atomic E-state index is 0.290. The molecule has 0 aliphatic heterocycles. The Kier molecular flexibility index (Phi) is 1.89. The van der Waals surface area contributed by atoms with Gasteiger partial charge in [-0.2, -0.15) is 4.73 Å². The molecule has 0 radical (unpaired) electrons. The molecule has 86 valence electrons. The van der Waals surface area contributed by atoms with Gasteiger partial charge in [0.15, 0.2) is 5.65 Å². The number of nitrogens with zero attached hydrogens (tertiary/aromatic N) is 3. The molecule has 0 saturated carbocycles. The first-order chi connectivity index (χ1) is 8.18. The van der Waals surface area contributed by atoms with Crippen molar-refractivity contribution in [3.8, 4) is 11.4 Å². The molecule has 2 heterocycles. The van der Waals surface area contributed by atoms with Crippen LogP contribution in [0, 0.1) is 0 Å². The summed E-state index contributed by atoms with van der Waals surface area (Å²) in [6, 6.07) is 11.5. The third-order valence-electron chi connectivity index (χ3n) is 2.85. The van der Waals surface area contributed by atoms with Crippen molar-refractivity contribution in [3.63, 3.8) is 0 Å². The summed E-state index contributed by atoms with van der Waals surface area (Å²) < 4.78 is 2.77. The second-order valence-electron chi connectivity index (χ2n) is 3.95. The molecule has 0 aliphatic carbocycles. The van der Waals surface area contributed by atoms with E-state index in [0.717, 1.165) is 16.1 Å². The highest BCUT2D eigenvalue weighted by Crippen LogP contribution is 2.25. The van der Waals surface area contributed by atoms with Gasteiger partial charge < -0.3 is 15.5 Å². The van der Waals surface area contributed by atoms with Crippen LogP contribution in [0.4, 0.5) is 5.82 Å². The van der Waals surface area contributed by atoms with E-state index in [0.29, 0.717) is 11.2 Å². The Morgan fingerprint density at radius 2 is 1.94 bits per heavy atom. The van der Waals surface area contributed by atoms with Crippen LogP contribution in [0.5, 0.6) is 0 Å². The number of benzene rings is 1. The monoisotopic (exact) mass is 228 g/mol. The van der Waals surface area contributed by atoms with Crippen molar-refractivity contribution in [3.05, 3.63) is 36.4 Å². The Morgan fingerprint density at radius 3 is 2.59 bits per heavy atom. The summed E-state index contributed by atoms with van der Waals surface area (Å²) in [4.78, 5) is 4.47. The van der Waals surface area contributed by atoms with Crippen LogP contribution in [0.2, 0.25) is 0 Å². The molecule has 3 rings (SSSR count). The van der Waals surface area contributed by atoms with E-state index in [9.17, 15) is 5.21 Å². The maximum absolute atomic E-state index is 9.77. The summed E-state index contributed by atoms with van der Waals surface area (Å²) in [5.41, 5.74) is 7.90. The normalized spacial score (nSPS) is 11.1. The highest BCUT2D eigenvalue weighted by molar-refractivity contribution is 5.81. The van der Waals surface area contributed by atoms with Gasteiger partial charge in [-0.25, -0.2) is 4.98 Å². The molecule has 3 N–H and O–H groups in total. The molecule has 0 bridgehead atoms. The molecule has 0 saturated heterocycles. The second kappa shape index (κ2) is 3.28. The molecule has 0 aliphatic rings. The summed E-state index contributed by atoms with van der Waals surface area (Å²) in [5.74, 6) is 1.09. The average Bonchev–Trinajstić information content (AvgIpc) is 2.80. The molecule has 5 heteroatoms. The minimum absolute atomic E-state index is 0.290. The lowest BCUT2D eigenvalue weighted by molar-refractivity contribution is 0.203. The molecule has 0 amide bonds. The summed E-state index contributed by atoms with van der Waals surface area (Å²) in [7, 11) is 1.85. The van der Waals surface area contributed by atoms with Crippen molar-refractivity contribution in [1.29, 1.82) is 0 Å². The number of aromatic nitrogens is 3. The Labute approximate surface area is 97.7 Å². The predicted octanol–water partition coefficient (Wildman–Crippen LogP) is 1.86. The lowest BCUT2D eigenvalue weighted by Crippen LogP contribution is -2.02. The zero-order valence-electron chi connectivity index (χ0n) is 9.33. The standard InChI is InChI=1S/C12H12N4O/c1-15-11(8-5-3-2-4-6-8)14-9-7-10(13)16(17)12(9)15/h2-7,17H,13H2,1H3. The fraction of sp³-hybridized carbons (Fsp3) is 0.0833. The van der Waals surface area contributed by atoms with Crippen LogP contribution in [-0.4, -0.2) is 19.5 Å². The van der Waals surface area contributed by atoms with E-state index in [4.69, 9.17) is 5.73 Å². The van der Waals surface area contributed by atoms with Crippen molar-refractivity contribution >= 4 is 17.0 Å². The van der Waals surface area contributed by atoms with Gasteiger partial charge in [0.2, 0.25) is 0 Å². The van der Waals surface area contributed by atoms with E-state index in [1.54, 1.807) is 6.07 Å². The van der Waals surface area contributed by atoms with Gasteiger partial charge in [-0.3, -0.25) is 0 Å². The Bertz CT molecular complexity index is 681. The van der Waals surface area contributed by atoms with E-state index in [-0.39, 0.29) is 5.82 Å². The largest absolute Gasteiger partial charge is 0.425 e. The molecule has 0 spiro atoms. The van der Waals surface area contributed by atoms with E-state index >= 15 is 0 Å². The number of anilines is 1. The highest BCUT2D eigenvalue weighted by Gasteiger charge is 2.15. The number of hydrogen-bond donors (Lipinski definition) is 2. The van der Waals surface area contributed by atoms with Gasteiger partial charge >= 0.3 is 0 Å². The van der Waals surface area contributed by atoms with Crippen LogP contribution < -0.4 is 5.73 Å². The Balaban J connectivity index is 2.30. The molecule has 3 aromatic rings. The van der Waals surface area contributed by atoms with Gasteiger partial charge in [-0.15, -0.1) is 0 Å². The summed E-state index contributed by atoms with van der Waals surface area (Å²) in [5, 5.41) is 9.77. The number of nitrogen functional groups attached to an aromatic ring is 1. The van der Waals surface area contributed by atoms with Gasteiger partial charge in [0.05, 0.1) is 0 Å². The summed E-state index contributed by atoms with van der Waals surface area (Å²) in [6.07, 6.45) is 0. The van der Waals surface area contributed by atoms with Gasteiger partial charge in [0.1, 0.15) is 17.2 Å². The molecule has 0 unspecified atom stereocenters. The molecule has 2 aromatic heterocycles. The van der Waals surface area contributed by atoms with Gasteiger partial charge in [0.25, 0.3) is 0 Å². The Morgan fingerprint density at radius 1 is 1.24 bits per heavy atom. The minimum Gasteiger partial charge on any atom is -0.425 e. The molecule has 17 heavy (non-hydrogen) atoms. The first-order valence-corrected chi connectivity index (χ1v) is 5.27. The lowest BCUT2D eigenvalue weighted by atomic mass is 10.2. The smallest absolute Gasteiger partial charge is 0.178 e. The van der Waals surface area contributed by atoms with Crippen LogP contribution in [0.1, 0.15) is 0 Å². The first-order valence-electron chi connectivity index (χ1n) is 5.27. The van der Waals surface area contributed by atoms with Crippen molar-refractivity contribution < 1.29 is 5.21 Å². The van der Waals surface area contributed by atoms with Crippen LogP contribution in [0.15, 0.2) is 36.4 Å². The number of imidazole rings is 1. The van der Waals surface area contributed by atoms with Gasteiger partial charge in [0, 0.05) is 18.7 Å². The topological polar surface area (TPSA) is 69.0 Å². The third-order valence-corrected chi connectivity index (χ3v) is 2.85. The SMILES string of the molecule is Cn1c(-c2ccccc2)nc2cc(N)n(O)c21. The van der Waals surface area contributed by atoms with E-state index < -0.39 is 0 Å². The maximum atomic E-state index is 9.77. The number of nitrogens with two attached hydrogens (primary N) is 1. The number of aryl methyl sites for hydroxylation is 1. The van der Waals surface area contributed by atoms with Crippen molar-refractivity contribution in [1.82, 2.24) is 14.3 Å². The molecular weight excluding hydrogens is 216 g/mol. The fourth-order valence-corrected chi connectivity index (χ4v) is 2.03. The Hall–Kier alpha value is -2.43. The molecular formula is C12H12N4O. The highest BCUT2D eigenvalue weighted by atomic mass is 16.5. The van der Waals surface area contributed by atoms with Crippen LogP contribution in [0.3, 0.4) is 0 Å². The summed E-state index contributed by atoms with van der Waals surface area (Å²) in [6.45, 7) is 0. The second-order valence-corrected chi connectivity index (χ2v) is 3.95. The van der Waals surface area contributed by atoms with E-state index in [2.05, 4.69) is 4.98 Å². The van der Waals surface area contributed by atoms with Gasteiger partial charge in [-0.1, -0.05) is 30.3 Å². The molecule has 1 aromatic carbocycles. The van der Waals surface area contributed by atoms with Crippen LogP contribution in [-0.2, 0) is 7.05 Å². The molecule has 0 fully saturated rings. The predicted molar refractivity (Wildman–Crippen MR) is 65.7 cm³/mol. The number of rotatable bonds is 1. The molecule has 0 atom stereocenters. The van der Waals surface area contributed by atoms with Crippen molar-refractivity contribution in [2.75, 3.05) is 5.73 Å². The van der Waals surface area contributed by atoms with Gasteiger partial charge in [-0.05, 0) is 0 Å². The average molecular weight is 228 g/mol. The first kappa shape index (κ1) is 9.77. The quantitative estimate of drug-likeness (QED) is 0.624. The zero-order valence-corrected chi connectivity index (χ0v) is 9.33. The third kappa shape index (κ3) is 1.29. The summed E-state index contributed by atoms with van der Waals surface area (Å²) >= 11 is 0.